The highest BCUT2D eigenvalue weighted by molar-refractivity contribution is 6.31. The lowest BCUT2D eigenvalue weighted by molar-refractivity contribution is 0.0955. The van der Waals surface area contributed by atoms with Crippen LogP contribution in [0, 0.1) is 0 Å². The van der Waals surface area contributed by atoms with Crippen molar-refractivity contribution in [3.8, 4) is 11.5 Å². The molecule has 34 heavy (non-hydrogen) atoms. The van der Waals surface area contributed by atoms with Gasteiger partial charge < -0.3 is 9.47 Å². The molecule has 5 nitrogen and oxygen atoms in total. The van der Waals surface area contributed by atoms with Crippen LogP contribution in [-0.2, 0) is 13.2 Å². The van der Waals surface area contributed by atoms with Crippen molar-refractivity contribution in [2.75, 3.05) is 0 Å². The van der Waals surface area contributed by atoms with E-state index in [1.54, 1.807) is 30.5 Å². The van der Waals surface area contributed by atoms with Crippen molar-refractivity contribution in [2.24, 2.45) is 5.10 Å². The first-order valence-electron chi connectivity index (χ1n) is 10.7. The van der Waals surface area contributed by atoms with Gasteiger partial charge in [0.25, 0.3) is 5.91 Å². The van der Waals surface area contributed by atoms with E-state index in [0.29, 0.717) is 35.3 Å². The lowest BCUT2D eigenvalue weighted by atomic mass is 10.2. The third kappa shape index (κ3) is 6.70. The maximum atomic E-state index is 12.4. The summed E-state index contributed by atoms with van der Waals surface area (Å²) in [4.78, 5) is 12.4. The van der Waals surface area contributed by atoms with E-state index in [4.69, 9.17) is 21.1 Å². The zero-order valence-electron chi connectivity index (χ0n) is 18.4. The van der Waals surface area contributed by atoms with Crippen LogP contribution in [0.2, 0.25) is 5.02 Å². The van der Waals surface area contributed by atoms with Gasteiger partial charge in [-0.25, -0.2) is 5.43 Å². The highest BCUT2D eigenvalue weighted by atomic mass is 35.5. The Kier molecular flexibility index (Phi) is 7.93. The van der Waals surface area contributed by atoms with Crippen molar-refractivity contribution >= 4 is 23.7 Å². The van der Waals surface area contributed by atoms with E-state index in [1.807, 2.05) is 78.9 Å². The van der Waals surface area contributed by atoms with Crippen LogP contribution >= 0.6 is 11.6 Å². The van der Waals surface area contributed by atoms with E-state index in [-0.39, 0.29) is 5.91 Å². The van der Waals surface area contributed by atoms with E-state index in [9.17, 15) is 4.79 Å². The number of benzene rings is 4. The van der Waals surface area contributed by atoms with Crippen LogP contribution in [0.15, 0.2) is 108 Å². The predicted octanol–water partition coefficient (Wildman–Crippen LogP) is 6.26. The molecule has 0 heterocycles. The molecule has 4 aromatic rings. The Balaban J connectivity index is 1.28. The number of rotatable bonds is 9. The van der Waals surface area contributed by atoms with Gasteiger partial charge in [-0.2, -0.15) is 5.10 Å². The minimum absolute atomic E-state index is 0.308. The molecule has 0 unspecified atom stereocenters. The molecule has 0 aromatic heterocycles. The van der Waals surface area contributed by atoms with Crippen molar-refractivity contribution in [1.82, 2.24) is 5.43 Å². The number of hydrogen-bond acceptors (Lipinski definition) is 4. The van der Waals surface area contributed by atoms with Gasteiger partial charge in [0.05, 0.1) is 6.21 Å². The molecular formula is C28H23ClN2O3. The molecule has 0 spiro atoms. The number of hydrazone groups is 1. The number of carbonyl (C=O) groups is 1. The lowest BCUT2D eigenvalue weighted by Crippen LogP contribution is -2.17. The summed E-state index contributed by atoms with van der Waals surface area (Å²) in [5, 5.41) is 4.72. The minimum atomic E-state index is -0.308. The number of amides is 1. The van der Waals surface area contributed by atoms with Gasteiger partial charge in [-0.05, 0) is 53.6 Å². The average Bonchev–Trinajstić information content (AvgIpc) is 2.88. The van der Waals surface area contributed by atoms with Crippen LogP contribution in [0.1, 0.15) is 27.0 Å². The summed E-state index contributed by atoms with van der Waals surface area (Å²) in [5.74, 6) is 1.07. The molecule has 0 aliphatic heterocycles. The average molecular weight is 471 g/mol. The van der Waals surface area contributed by atoms with E-state index in [0.717, 1.165) is 16.7 Å². The van der Waals surface area contributed by atoms with Crippen LogP contribution in [-0.4, -0.2) is 12.1 Å². The van der Waals surface area contributed by atoms with Gasteiger partial charge in [-0.3, -0.25) is 4.79 Å². The molecule has 0 atom stereocenters. The second-order valence-corrected chi connectivity index (χ2v) is 7.86. The summed E-state index contributed by atoms with van der Waals surface area (Å²) < 4.78 is 11.6. The molecule has 0 radical (unpaired) electrons. The fourth-order valence-corrected chi connectivity index (χ4v) is 3.32. The van der Waals surface area contributed by atoms with Gasteiger partial charge in [0.2, 0.25) is 0 Å². The fraction of sp³-hybridized carbons (Fsp3) is 0.0714. The molecular weight excluding hydrogens is 448 g/mol. The third-order valence-corrected chi connectivity index (χ3v) is 5.32. The molecule has 0 saturated heterocycles. The van der Waals surface area contributed by atoms with Crippen LogP contribution in [0.25, 0.3) is 0 Å². The summed E-state index contributed by atoms with van der Waals surface area (Å²) in [6, 6.07) is 31.8. The molecule has 0 fully saturated rings. The lowest BCUT2D eigenvalue weighted by Gasteiger charge is -2.08. The largest absolute Gasteiger partial charge is 0.489 e. The topological polar surface area (TPSA) is 59.9 Å². The van der Waals surface area contributed by atoms with Crippen LogP contribution in [0.5, 0.6) is 11.5 Å². The third-order valence-electron chi connectivity index (χ3n) is 4.95. The van der Waals surface area contributed by atoms with Crippen molar-refractivity contribution in [1.29, 1.82) is 0 Å². The number of ether oxygens (including phenoxy) is 2. The summed E-state index contributed by atoms with van der Waals surface area (Å²) in [7, 11) is 0. The molecule has 1 amide bonds. The molecule has 4 rings (SSSR count). The van der Waals surface area contributed by atoms with Gasteiger partial charge >= 0.3 is 0 Å². The standard InChI is InChI=1S/C28H23ClN2O3/c29-27-12-5-4-10-24(27)20-34-26-11-6-9-22(17-26)18-30-31-28(32)23-13-15-25(16-14-23)33-19-21-7-2-1-3-8-21/h1-18H,19-20H2,(H,31,32)/b30-18-. The highest BCUT2D eigenvalue weighted by Gasteiger charge is 2.05. The van der Waals surface area contributed by atoms with Crippen molar-refractivity contribution in [3.05, 3.63) is 130 Å². The van der Waals surface area contributed by atoms with E-state index in [1.165, 1.54) is 0 Å². The maximum absolute atomic E-state index is 12.4. The molecule has 0 bridgehead atoms. The summed E-state index contributed by atoms with van der Waals surface area (Å²) in [6.07, 6.45) is 1.57. The first kappa shape index (κ1) is 23.1. The van der Waals surface area contributed by atoms with E-state index < -0.39 is 0 Å². The zero-order chi connectivity index (χ0) is 23.6. The fourth-order valence-electron chi connectivity index (χ4n) is 3.13. The molecule has 0 saturated carbocycles. The first-order chi connectivity index (χ1) is 16.7. The highest BCUT2D eigenvalue weighted by Crippen LogP contribution is 2.19. The molecule has 170 valence electrons. The Morgan fingerprint density at radius 3 is 2.32 bits per heavy atom. The van der Waals surface area contributed by atoms with Crippen LogP contribution in [0.3, 0.4) is 0 Å². The second kappa shape index (κ2) is 11.7. The number of nitrogens with one attached hydrogen (secondary N) is 1. The summed E-state index contributed by atoms with van der Waals surface area (Å²) in [6.45, 7) is 0.833. The normalized spacial score (nSPS) is 10.7. The zero-order valence-corrected chi connectivity index (χ0v) is 19.1. The minimum Gasteiger partial charge on any atom is -0.489 e. The van der Waals surface area contributed by atoms with E-state index >= 15 is 0 Å². The monoisotopic (exact) mass is 470 g/mol. The quantitative estimate of drug-likeness (QED) is 0.232. The SMILES string of the molecule is O=C(N/N=C\c1cccc(OCc2ccccc2Cl)c1)c1ccc(OCc2ccccc2)cc1. The number of hydrogen-bond donors (Lipinski definition) is 1. The number of nitrogens with zero attached hydrogens (tertiary/aromatic N) is 1. The predicted molar refractivity (Wildman–Crippen MR) is 135 cm³/mol. The van der Waals surface area contributed by atoms with Gasteiger partial charge in [0, 0.05) is 16.1 Å². The van der Waals surface area contributed by atoms with Gasteiger partial charge in [0.1, 0.15) is 24.7 Å². The van der Waals surface area contributed by atoms with Crippen molar-refractivity contribution in [3.63, 3.8) is 0 Å². The molecule has 6 heteroatoms. The van der Waals surface area contributed by atoms with Gasteiger partial charge in [-0.15, -0.1) is 0 Å². The Morgan fingerprint density at radius 2 is 1.53 bits per heavy atom. The summed E-state index contributed by atoms with van der Waals surface area (Å²) >= 11 is 6.17. The second-order valence-electron chi connectivity index (χ2n) is 7.45. The molecule has 1 N–H and O–H groups in total. The maximum Gasteiger partial charge on any atom is 0.271 e. The smallest absolute Gasteiger partial charge is 0.271 e. The van der Waals surface area contributed by atoms with Gasteiger partial charge in [0.15, 0.2) is 0 Å². The van der Waals surface area contributed by atoms with Gasteiger partial charge in [-0.1, -0.05) is 72.3 Å². The molecule has 0 aliphatic carbocycles. The molecule has 0 aliphatic rings. The van der Waals surface area contributed by atoms with Crippen molar-refractivity contribution in [2.45, 2.75) is 13.2 Å². The van der Waals surface area contributed by atoms with Crippen molar-refractivity contribution < 1.29 is 14.3 Å². The Morgan fingerprint density at radius 1 is 0.794 bits per heavy atom. The van der Waals surface area contributed by atoms with E-state index in [2.05, 4.69) is 10.5 Å². The van der Waals surface area contributed by atoms with Crippen LogP contribution < -0.4 is 14.9 Å². The Hall–Kier alpha value is -4.09. The summed E-state index contributed by atoms with van der Waals surface area (Å²) in [5.41, 5.74) is 5.81. The Labute approximate surface area is 203 Å². The molecule has 4 aromatic carbocycles. The first-order valence-corrected chi connectivity index (χ1v) is 11.1. The Bertz CT molecular complexity index is 1260. The number of carbonyl (C=O) groups excluding carboxylic acids is 1. The number of halogens is 1. The van der Waals surface area contributed by atoms with Crippen LogP contribution in [0.4, 0.5) is 0 Å².